The summed E-state index contributed by atoms with van der Waals surface area (Å²) in [6.45, 7) is 9.65. The van der Waals surface area contributed by atoms with Gasteiger partial charge in [0.2, 0.25) is 0 Å². The molecule has 1 aromatic carbocycles. The average molecular weight is 538 g/mol. The van der Waals surface area contributed by atoms with E-state index in [-0.39, 0.29) is 46.8 Å². The molecule has 39 heavy (non-hydrogen) atoms. The molecule has 0 N–H and O–H groups in total. The van der Waals surface area contributed by atoms with Crippen LogP contribution in [0.1, 0.15) is 56.2 Å². The quantitative estimate of drug-likeness (QED) is 0.309. The predicted molar refractivity (Wildman–Crippen MR) is 140 cm³/mol. The van der Waals surface area contributed by atoms with E-state index in [1.165, 1.54) is 12.1 Å². The van der Waals surface area contributed by atoms with E-state index in [2.05, 4.69) is 22.0 Å². The summed E-state index contributed by atoms with van der Waals surface area (Å²) in [4.78, 5) is 33.4. The van der Waals surface area contributed by atoms with E-state index >= 15 is 0 Å². The standard InChI is InChI=1S/C30H33F2N3O4/c1-28(2,27-6-4-5-9-33-27)12-21(36)13-30(16-35(17-30)15-29(3)18-38-19-29)14-25(37)24-11-26(39-34-24)22-8-7-20(31)10-23(22)32/h4-11H,12-19H2,1-3H3. The van der Waals surface area contributed by atoms with E-state index in [4.69, 9.17) is 9.26 Å². The van der Waals surface area contributed by atoms with E-state index in [1.54, 1.807) is 6.20 Å². The number of nitrogens with zero attached hydrogens (tertiary/aromatic N) is 3. The summed E-state index contributed by atoms with van der Waals surface area (Å²) in [6, 6.07) is 10.2. The first kappa shape index (κ1) is 27.3. The lowest BCUT2D eigenvalue weighted by Gasteiger charge is -2.54. The first-order valence-electron chi connectivity index (χ1n) is 13.1. The van der Waals surface area contributed by atoms with Gasteiger partial charge in [-0.05, 0) is 24.3 Å². The van der Waals surface area contributed by atoms with Crippen LogP contribution in [0.25, 0.3) is 11.3 Å². The van der Waals surface area contributed by atoms with Gasteiger partial charge in [-0.1, -0.05) is 32.0 Å². The molecule has 5 rings (SSSR count). The summed E-state index contributed by atoms with van der Waals surface area (Å²) in [7, 11) is 0. The Bertz CT molecular complexity index is 1360. The second-order valence-corrected chi connectivity index (χ2v) is 12.2. The lowest BCUT2D eigenvalue weighted by atomic mass is 9.69. The monoisotopic (exact) mass is 537 g/mol. The maximum absolute atomic E-state index is 14.2. The molecule has 7 nitrogen and oxygen atoms in total. The molecule has 0 atom stereocenters. The minimum Gasteiger partial charge on any atom is -0.380 e. The number of hydrogen-bond acceptors (Lipinski definition) is 7. The van der Waals surface area contributed by atoms with E-state index in [0.29, 0.717) is 32.7 Å². The fourth-order valence-corrected chi connectivity index (χ4v) is 5.86. The third-order valence-corrected chi connectivity index (χ3v) is 7.72. The van der Waals surface area contributed by atoms with Crippen molar-refractivity contribution in [3.05, 3.63) is 71.7 Å². The number of halogens is 2. The second-order valence-electron chi connectivity index (χ2n) is 12.2. The number of pyridine rings is 1. The molecule has 206 valence electrons. The molecule has 2 aromatic heterocycles. The highest BCUT2D eigenvalue weighted by molar-refractivity contribution is 5.96. The lowest BCUT2D eigenvalue weighted by Crippen LogP contribution is -2.62. The number of ether oxygens (including phenoxy) is 1. The highest BCUT2D eigenvalue weighted by Gasteiger charge is 2.49. The molecule has 0 spiro atoms. The van der Waals surface area contributed by atoms with Gasteiger partial charge in [0.15, 0.2) is 11.5 Å². The third kappa shape index (κ3) is 5.99. The zero-order chi connectivity index (χ0) is 27.8. The van der Waals surface area contributed by atoms with E-state index in [9.17, 15) is 18.4 Å². The molecule has 9 heteroatoms. The van der Waals surface area contributed by atoms with Gasteiger partial charge >= 0.3 is 0 Å². The van der Waals surface area contributed by atoms with E-state index in [1.807, 2.05) is 32.0 Å². The summed E-state index contributed by atoms with van der Waals surface area (Å²) in [5.41, 5.74) is 0.0447. The molecule has 0 aliphatic carbocycles. The number of hydrogen-bond donors (Lipinski definition) is 0. The normalized spacial score (nSPS) is 18.3. The third-order valence-electron chi connectivity index (χ3n) is 7.72. The summed E-state index contributed by atoms with van der Waals surface area (Å²) in [5, 5.41) is 3.87. The van der Waals surface area contributed by atoms with Crippen molar-refractivity contribution in [2.75, 3.05) is 32.8 Å². The Morgan fingerprint density at radius 3 is 2.49 bits per heavy atom. The van der Waals surface area contributed by atoms with Crippen molar-refractivity contribution in [3.8, 4) is 11.3 Å². The molecule has 3 aromatic rings. The number of benzene rings is 1. The molecule has 2 fully saturated rings. The number of carbonyl (C=O) groups is 2. The smallest absolute Gasteiger partial charge is 0.185 e. The van der Waals surface area contributed by atoms with Crippen molar-refractivity contribution < 1.29 is 27.6 Å². The molecule has 2 aliphatic rings. The highest BCUT2D eigenvalue weighted by Crippen LogP contribution is 2.43. The SMILES string of the molecule is CC1(CN2CC(CC(=O)CC(C)(C)c3ccccn3)(CC(=O)c3cc(-c4ccc(F)cc4F)on3)C2)COC1. The fourth-order valence-electron chi connectivity index (χ4n) is 5.86. The van der Waals surface area contributed by atoms with Crippen molar-refractivity contribution in [3.63, 3.8) is 0 Å². The Balaban J connectivity index is 1.30. The van der Waals surface area contributed by atoms with Gasteiger partial charge in [0, 0.05) is 79.2 Å². The van der Waals surface area contributed by atoms with Crippen LogP contribution in [0.3, 0.4) is 0 Å². The molecule has 4 heterocycles. The van der Waals surface area contributed by atoms with Crippen LogP contribution in [0, 0.1) is 22.5 Å². The molecule has 0 radical (unpaired) electrons. The number of rotatable bonds is 11. The minimum atomic E-state index is -0.800. The molecule has 0 saturated carbocycles. The molecular formula is C30H33F2N3O4. The van der Waals surface area contributed by atoms with Crippen molar-refractivity contribution >= 4 is 11.6 Å². The number of Topliss-reactive ketones (excluding diaryl/α,β-unsaturated/α-hetero) is 2. The number of aromatic nitrogens is 2. The molecule has 0 amide bonds. The van der Waals surface area contributed by atoms with Crippen molar-refractivity contribution in [1.29, 1.82) is 0 Å². The van der Waals surface area contributed by atoms with Crippen LogP contribution in [-0.4, -0.2) is 59.5 Å². The zero-order valence-electron chi connectivity index (χ0n) is 22.5. The molecule has 0 bridgehead atoms. The Morgan fingerprint density at radius 2 is 1.85 bits per heavy atom. The van der Waals surface area contributed by atoms with Crippen LogP contribution in [0.5, 0.6) is 0 Å². The van der Waals surface area contributed by atoms with Crippen molar-refractivity contribution in [1.82, 2.24) is 15.0 Å². The van der Waals surface area contributed by atoms with Crippen LogP contribution in [0.4, 0.5) is 8.78 Å². The first-order chi connectivity index (χ1) is 18.5. The lowest BCUT2D eigenvalue weighted by molar-refractivity contribution is -0.143. The van der Waals surface area contributed by atoms with Gasteiger partial charge in [-0.25, -0.2) is 8.78 Å². The van der Waals surface area contributed by atoms with Gasteiger partial charge < -0.3 is 14.2 Å². The summed E-state index contributed by atoms with van der Waals surface area (Å²) < 4.78 is 38.2. The number of ketones is 2. The summed E-state index contributed by atoms with van der Waals surface area (Å²) in [6.07, 6.45) is 2.41. The van der Waals surface area contributed by atoms with Gasteiger partial charge in [0.05, 0.1) is 18.8 Å². The molecule has 2 saturated heterocycles. The predicted octanol–water partition coefficient (Wildman–Crippen LogP) is 5.25. The van der Waals surface area contributed by atoms with Gasteiger partial charge in [-0.2, -0.15) is 0 Å². The minimum absolute atomic E-state index is 0.0235. The van der Waals surface area contributed by atoms with Gasteiger partial charge in [0.1, 0.15) is 23.1 Å². The van der Waals surface area contributed by atoms with Gasteiger partial charge in [0.25, 0.3) is 0 Å². The van der Waals surface area contributed by atoms with Crippen LogP contribution >= 0.6 is 0 Å². The number of likely N-dealkylation sites (tertiary alicyclic amines) is 1. The Labute approximate surface area is 226 Å². The fraction of sp³-hybridized carbons (Fsp3) is 0.467. The molecule has 0 unspecified atom stereocenters. The van der Waals surface area contributed by atoms with Crippen LogP contribution < -0.4 is 0 Å². The topological polar surface area (TPSA) is 85.5 Å². The van der Waals surface area contributed by atoms with Crippen LogP contribution in [0.15, 0.2) is 53.2 Å². The maximum Gasteiger partial charge on any atom is 0.185 e. The molecular weight excluding hydrogens is 504 g/mol. The largest absolute Gasteiger partial charge is 0.380 e. The van der Waals surface area contributed by atoms with E-state index < -0.39 is 22.5 Å². The number of carbonyl (C=O) groups excluding carboxylic acids is 2. The van der Waals surface area contributed by atoms with Crippen molar-refractivity contribution in [2.24, 2.45) is 10.8 Å². The second kappa shape index (κ2) is 10.4. The highest BCUT2D eigenvalue weighted by atomic mass is 19.1. The van der Waals surface area contributed by atoms with Gasteiger partial charge in [-0.15, -0.1) is 0 Å². The van der Waals surface area contributed by atoms with Crippen LogP contribution in [0.2, 0.25) is 0 Å². The van der Waals surface area contributed by atoms with Crippen molar-refractivity contribution in [2.45, 2.75) is 45.4 Å². The summed E-state index contributed by atoms with van der Waals surface area (Å²) >= 11 is 0. The Kier molecular flexibility index (Phi) is 7.24. The Hall–Kier alpha value is -3.30. The van der Waals surface area contributed by atoms with Gasteiger partial charge in [-0.3, -0.25) is 14.6 Å². The van der Waals surface area contributed by atoms with E-state index in [0.717, 1.165) is 24.4 Å². The molecule has 2 aliphatic heterocycles. The maximum atomic E-state index is 14.2. The average Bonchev–Trinajstić information content (AvgIpc) is 3.32. The zero-order valence-corrected chi connectivity index (χ0v) is 22.5. The first-order valence-corrected chi connectivity index (χ1v) is 13.1. The summed E-state index contributed by atoms with van der Waals surface area (Å²) in [5.74, 6) is -1.66. The Morgan fingerprint density at radius 1 is 1.08 bits per heavy atom. The van der Waals surface area contributed by atoms with Crippen LogP contribution in [-0.2, 0) is 14.9 Å².